The number of hydrogen-bond donors (Lipinski definition) is 2. The highest BCUT2D eigenvalue weighted by Crippen LogP contribution is 2.50. The van der Waals surface area contributed by atoms with Gasteiger partial charge in [0.1, 0.15) is 11.5 Å². The van der Waals surface area contributed by atoms with Crippen LogP contribution in [-0.4, -0.2) is 32.5 Å². The number of nitrogens with zero attached hydrogens (tertiary/aromatic N) is 2. The molecule has 4 rings (SSSR count). The molecule has 0 saturated heterocycles. The molecule has 0 unspecified atom stereocenters. The summed E-state index contributed by atoms with van der Waals surface area (Å²) in [6, 6.07) is 0. The minimum Gasteiger partial charge on any atom is -0.365 e. The van der Waals surface area contributed by atoms with Crippen LogP contribution in [0.2, 0.25) is 0 Å². The molecular weight excluding hydrogens is 307 g/mol. The Labute approximate surface area is 142 Å². The summed E-state index contributed by atoms with van der Waals surface area (Å²) >= 11 is 0. The summed E-state index contributed by atoms with van der Waals surface area (Å²) in [5.74, 6) is 0.999. The second kappa shape index (κ2) is 5.67. The maximum Gasteiger partial charge on any atom is 0.225 e. The van der Waals surface area contributed by atoms with Crippen LogP contribution >= 0.6 is 0 Å². The number of anilines is 2. The van der Waals surface area contributed by atoms with Gasteiger partial charge >= 0.3 is 0 Å². The predicted octanol–water partition coefficient (Wildman–Crippen LogP) is 4.12. The number of aromatic nitrogens is 2. The van der Waals surface area contributed by atoms with E-state index in [1.807, 2.05) is 20.8 Å². The normalized spacial score (nSPS) is 29.4. The summed E-state index contributed by atoms with van der Waals surface area (Å²) in [7, 11) is 0. The molecule has 2 N–H and O–H groups in total. The molecule has 0 atom stereocenters. The van der Waals surface area contributed by atoms with Crippen LogP contribution in [-0.2, 0) is 0 Å². The minimum atomic E-state index is -0.957. The first-order chi connectivity index (χ1) is 11.1. The highest BCUT2D eigenvalue weighted by molar-refractivity contribution is 5.98. The van der Waals surface area contributed by atoms with Gasteiger partial charge in [-0.05, 0) is 66.2 Å². The topological polar surface area (TPSA) is 66.9 Å². The Morgan fingerprint density at radius 1 is 1.17 bits per heavy atom. The number of hydrogen-bond acceptors (Lipinski definition) is 5. The van der Waals surface area contributed by atoms with Gasteiger partial charge in [-0.1, -0.05) is 0 Å². The monoisotopic (exact) mass is 334 g/mol. The number of halogens is 1. The zero-order chi connectivity index (χ0) is 17.6. The van der Waals surface area contributed by atoms with E-state index in [1.54, 1.807) is 6.20 Å². The Bertz CT molecular complexity index is 628. The summed E-state index contributed by atoms with van der Waals surface area (Å²) in [4.78, 5) is 20.7. The Morgan fingerprint density at radius 3 is 2.25 bits per heavy atom. The molecule has 132 valence electrons. The van der Waals surface area contributed by atoms with E-state index in [-0.39, 0.29) is 16.9 Å². The molecule has 6 heteroatoms. The fourth-order valence-corrected chi connectivity index (χ4v) is 3.71. The molecule has 1 aromatic heterocycles. The maximum absolute atomic E-state index is 14.3. The van der Waals surface area contributed by atoms with Crippen molar-refractivity contribution in [3.63, 3.8) is 0 Å². The van der Waals surface area contributed by atoms with Crippen molar-refractivity contribution >= 4 is 17.5 Å². The van der Waals surface area contributed by atoms with Crippen molar-refractivity contribution < 1.29 is 9.18 Å². The number of carbonyl (C=O) groups excluding carboxylic acids is 1. The summed E-state index contributed by atoms with van der Waals surface area (Å²) in [5.41, 5.74) is -0.785. The van der Waals surface area contributed by atoms with Gasteiger partial charge in [0.05, 0.1) is 5.56 Å². The summed E-state index contributed by atoms with van der Waals surface area (Å²) < 4.78 is 14.3. The predicted molar refractivity (Wildman–Crippen MR) is 93.3 cm³/mol. The van der Waals surface area contributed by atoms with E-state index >= 15 is 0 Å². The van der Waals surface area contributed by atoms with Crippen LogP contribution < -0.4 is 10.6 Å². The first-order valence-electron chi connectivity index (χ1n) is 8.73. The van der Waals surface area contributed by atoms with Crippen LogP contribution in [0.3, 0.4) is 0 Å². The molecule has 0 amide bonds. The van der Waals surface area contributed by atoms with Gasteiger partial charge in [0.2, 0.25) is 5.95 Å². The lowest BCUT2D eigenvalue weighted by atomic mass is 9.64. The third-order valence-electron chi connectivity index (χ3n) is 5.19. The van der Waals surface area contributed by atoms with E-state index in [1.165, 1.54) is 6.92 Å². The third-order valence-corrected chi connectivity index (χ3v) is 5.19. The van der Waals surface area contributed by atoms with Gasteiger partial charge < -0.3 is 10.6 Å². The van der Waals surface area contributed by atoms with Crippen molar-refractivity contribution in [2.24, 2.45) is 0 Å². The average Bonchev–Trinajstić information content (AvgIpc) is 2.47. The van der Waals surface area contributed by atoms with Crippen LogP contribution in [0, 0.1) is 0 Å². The molecule has 3 aliphatic rings. The highest BCUT2D eigenvalue weighted by atomic mass is 19.1. The first-order valence-corrected chi connectivity index (χ1v) is 8.73. The molecular formula is C18H27FN4O. The number of Topliss-reactive ketones (excluding diaryl/α,β-unsaturated/α-hetero) is 1. The zero-order valence-electron chi connectivity index (χ0n) is 15.0. The van der Waals surface area contributed by atoms with E-state index in [2.05, 4.69) is 20.6 Å². The number of alkyl halides is 1. The zero-order valence-corrected chi connectivity index (χ0v) is 15.0. The SMILES string of the molecule is CC(=O)c1cnc(NC23CCC(F)(CC2)CC3)nc1NC(C)(C)C. The lowest BCUT2D eigenvalue weighted by Gasteiger charge is -2.49. The molecule has 0 aromatic carbocycles. The quantitative estimate of drug-likeness (QED) is 0.811. The lowest BCUT2D eigenvalue weighted by Crippen LogP contribution is -2.52. The smallest absolute Gasteiger partial charge is 0.225 e. The van der Waals surface area contributed by atoms with E-state index in [0.717, 1.165) is 19.3 Å². The van der Waals surface area contributed by atoms with Crippen molar-refractivity contribution in [2.75, 3.05) is 10.6 Å². The molecule has 5 nitrogen and oxygen atoms in total. The van der Waals surface area contributed by atoms with Crippen molar-refractivity contribution in [3.05, 3.63) is 11.8 Å². The van der Waals surface area contributed by atoms with Gasteiger partial charge in [-0.15, -0.1) is 0 Å². The van der Waals surface area contributed by atoms with Crippen molar-refractivity contribution in [1.29, 1.82) is 0 Å². The molecule has 24 heavy (non-hydrogen) atoms. The largest absolute Gasteiger partial charge is 0.365 e. The summed E-state index contributed by atoms with van der Waals surface area (Å²) in [6.07, 6.45) is 5.83. The molecule has 3 fully saturated rings. The minimum absolute atomic E-state index is 0.0657. The highest BCUT2D eigenvalue weighted by Gasteiger charge is 2.49. The van der Waals surface area contributed by atoms with E-state index in [0.29, 0.717) is 36.6 Å². The Hall–Kier alpha value is -1.72. The molecule has 0 aliphatic heterocycles. The van der Waals surface area contributed by atoms with Crippen molar-refractivity contribution in [1.82, 2.24) is 9.97 Å². The van der Waals surface area contributed by atoms with E-state index in [9.17, 15) is 9.18 Å². The maximum atomic E-state index is 14.3. The molecule has 1 aromatic rings. The lowest BCUT2D eigenvalue weighted by molar-refractivity contribution is 0.0150. The number of carbonyl (C=O) groups is 1. The fourth-order valence-electron chi connectivity index (χ4n) is 3.71. The van der Waals surface area contributed by atoms with Gasteiger partial charge in [0, 0.05) is 17.3 Å². The average molecular weight is 334 g/mol. The Morgan fingerprint density at radius 2 is 1.75 bits per heavy atom. The van der Waals surface area contributed by atoms with Crippen molar-refractivity contribution in [3.8, 4) is 0 Å². The number of fused-ring (bicyclic) bond motifs is 3. The van der Waals surface area contributed by atoms with Crippen LogP contribution in [0.15, 0.2) is 6.20 Å². The first kappa shape index (κ1) is 17.1. The van der Waals surface area contributed by atoms with Crippen LogP contribution in [0.25, 0.3) is 0 Å². The number of nitrogens with one attached hydrogen (secondary N) is 2. The summed E-state index contributed by atoms with van der Waals surface area (Å²) in [6.45, 7) is 7.58. The fraction of sp³-hybridized carbons (Fsp3) is 0.722. The van der Waals surface area contributed by atoms with Crippen LogP contribution in [0.4, 0.5) is 16.2 Å². The molecule has 1 heterocycles. The van der Waals surface area contributed by atoms with Crippen molar-refractivity contribution in [2.45, 2.75) is 83.0 Å². The third kappa shape index (κ3) is 3.52. The van der Waals surface area contributed by atoms with Gasteiger partial charge in [0.15, 0.2) is 5.78 Å². The van der Waals surface area contributed by atoms with Gasteiger partial charge in [-0.25, -0.2) is 9.37 Å². The molecule has 0 spiro atoms. The van der Waals surface area contributed by atoms with Crippen LogP contribution in [0.1, 0.15) is 76.6 Å². The molecule has 2 bridgehead atoms. The van der Waals surface area contributed by atoms with Gasteiger partial charge in [0.25, 0.3) is 0 Å². The number of rotatable bonds is 4. The second-order valence-corrected chi connectivity index (χ2v) is 8.44. The standard InChI is InChI=1S/C18H27FN4O/c1-12(24)13-11-20-15(21-14(13)22-16(2,3)4)23-18-8-5-17(19,6-9-18)7-10-18/h11H,5-10H2,1-4H3,(H2,20,21,22,23). The second-order valence-electron chi connectivity index (χ2n) is 8.44. The number of ketones is 1. The van der Waals surface area contributed by atoms with Gasteiger partial charge in [-0.3, -0.25) is 4.79 Å². The van der Waals surface area contributed by atoms with E-state index < -0.39 is 5.67 Å². The Kier molecular flexibility index (Phi) is 4.04. The van der Waals surface area contributed by atoms with Gasteiger partial charge in [-0.2, -0.15) is 4.98 Å². The summed E-state index contributed by atoms with van der Waals surface area (Å²) in [5, 5.41) is 6.73. The molecule has 3 aliphatic carbocycles. The van der Waals surface area contributed by atoms with Crippen LogP contribution in [0.5, 0.6) is 0 Å². The molecule has 0 radical (unpaired) electrons. The van der Waals surface area contributed by atoms with E-state index in [4.69, 9.17) is 0 Å². The molecule has 3 saturated carbocycles. The Balaban J connectivity index is 1.84.